The molecule has 4 rings (SSSR count). The number of nitrogens with one attached hydrogen (secondary N) is 1. The Morgan fingerprint density at radius 1 is 0.896 bits per heavy atom. The van der Waals surface area contributed by atoms with Gasteiger partial charge in [-0.25, -0.2) is 4.39 Å². The maximum Gasteiger partial charge on any atom is 0.308 e. The first kappa shape index (κ1) is 36.5. The van der Waals surface area contributed by atoms with E-state index >= 15 is 0 Å². The SMILES string of the molecule is CC(C)n1c(CCC(O)CC(O)CC(=O)OC(C)(C)C)c(-c2ccc(F)cc2)c(-c2ccccc2)c1C(=O)NCc1cccc(CN)c1. The lowest BCUT2D eigenvalue weighted by molar-refractivity contribution is -0.157. The van der Waals surface area contributed by atoms with Crippen LogP contribution in [0.3, 0.4) is 0 Å². The number of halogens is 1. The molecule has 0 saturated carbocycles. The maximum atomic E-state index is 14.3. The Hall–Kier alpha value is -4.31. The molecule has 1 amide bonds. The van der Waals surface area contributed by atoms with Crippen LogP contribution in [0.4, 0.5) is 4.39 Å². The van der Waals surface area contributed by atoms with Gasteiger partial charge in [-0.2, -0.15) is 0 Å². The fourth-order valence-corrected chi connectivity index (χ4v) is 6.02. The number of nitrogens with two attached hydrogens (primary N) is 1. The number of carbonyl (C=O) groups is 2. The van der Waals surface area contributed by atoms with Crippen LogP contribution >= 0.6 is 0 Å². The molecule has 0 aliphatic heterocycles. The minimum absolute atomic E-state index is 0.0196. The Balaban J connectivity index is 1.75. The summed E-state index contributed by atoms with van der Waals surface area (Å²) in [7, 11) is 0. The second kappa shape index (κ2) is 16.2. The Labute approximate surface area is 282 Å². The van der Waals surface area contributed by atoms with Crippen LogP contribution in [0.1, 0.15) is 87.2 Å². The van der Waals surface area contributed by atoms with Gasteiger partial charge in [-0.3, -0.25) is 9.59 Å². The van der Waals surface area contributed by atoms with Crippen LogP contribution in [0.2, 0.25) is 0 Å². The van der Waals surface area contributed by atoms with E-state index < -0.39 is 23.8 Å². The summed E-state index contributed by atoms with van der Waals surface area (Å²) in [6.45, 7) is 9.94. The fourth-order valence-electron chi connectivity index (χ4n) is 6.02. The van der Waals surface area contributed by atoms with Gasteiger partial charge in [-0.15, -0.1) is 0 Å². The van der Waals surface area contributed by atoms with Crippen LogP contribution in [0.15, 0.2) is 78.9 Å². The number of aromatic nitrogens is 1. The average molecular weight is 658 g/mol. The molecule has 2 atom stereocenters. The van der Waals surface area contributed by atoms with E-state index in [-0.39, 0.29) is 37.0 Å². The van der Waals surface area contributed by atoms with Crippen molar-refractivity contribution < 1.29 is 28.9 Å². The number of ether oxygens (including phenoxy) is 1. The number of carbonyl (C=O) groups excluding carboxylic acids is 2. The van der Waals surface area contributed by atoms with E-state index in [0.29, 0.717) is 30.8 Å². The van der Waals surface area contributed by atoms with Gasteiger partial charge >= 0.3 is 5.97 Å². The van der Waals surface area contributed by atoms with Gasteiger partial charge in [0, 0.05) is 36.0 Å². The summed E-state index contributed by atoms with van der Waals surface area (Å²) >= 11 is 0. The van der Waals surface area contributed by atoms with Crippen molar-refractivity contribution in [2.75, 3.05) is 0 Å². The van der Waals surface area contributed by atoms with Crippen molar-refractivity contribution in [2.24, 2.45) is 5.73 Å². The molecule has 5 N–H and O–H groups in total. The molecule has 3 aromatic carbocycles. The highest BCUT2D eigenvalue weighted by molar-refractivity contribution is 6.05. The molecule has 0 aliphatic carbocycles. The van der Waals surface area contributed by atoms with Gasteiger partial charge in [-0.05, 0) is 88.3 Å². The number of amides is 1. The lowest BCUT2D eigenvalue weighted by Crippen LogP contribution is -2.28. The Morgan fingerprint density at radius 3 is 2.17 bits per heavy atom. The molecule has 1 heterocycles. The average Bonchev–Trinajstić information content (AvgIpc) is 3.38. The smallest absolute Gasteiger partial charge is 0.308 e. The number of esters is 1. The van der Waals surface area contributed by atoms with E-state index in [9.17, 15) is 24.2 Å². The summed E-state index contributed by atoms with van der Waals surface area (Å²) in [6, 6.07) is 23.4. The third-order valence-electron chi connectivity index (χ3n) is 7.99. The van der Waals surface area contributed by atoms with Gasteiger partial charge in [0.1, 0.15) is 17.1 Å². The van der Waals surface area contributed by atoms with Gasteiger partial charge in [-0.1, -0.05) is 66.7 Å². The topological polar surface area (TPSA) is 127 Å². The lowest BCUT2D eigenvalue weighted by Gasteiger charge is -2.22. The fraction of sp³-hybridized carbons (Fsp3) is 0.385. The van der Waals surface area contributed by atoms with Crippen molar-refractivity contribution in [1.29, 1.82) is 0 Å². The highest BCUT2D eigenvalue weighted by Crippen LogP contribution is 2.42. The van der Waals surface area contributed by atoms with Crippen LogP contribution < -0.4 is 11.1 Å². The summed E-state index contributed by atoms with van der Waals surface area (Å²) in [6.07, 6.45) is -1.68. The molecule has 0 fully saturated rings. The lowest BCUT2D eigenvalue weighted by atomic mass is 9.92. The molecule has 0 aliphatic rings. The summed E-state index contributed by atoms with van der Waals surface area (Å²) < 4.78 is 21.5. The first-order valence-corrected chi connectivity index (χ1v) is 16.5. The number of hydrogen-bond acceptors (Lipinski definition) is 6. The zero-order valence-corrected chi connectivity index (χ0v) is 28.5. The molecule has 9 heteroatoms. The van der Waals surface area contributed by atoms with Gasteiger partial charge in [0.15, 0.2) is 0 Å². The number of benzene rings is 3. The van der Waals surface area contributed by atoms with Crippen molar-refractivity contribution in [3.63, 3.8) is 0 Å². The quantitative estimate of drug-likeness (QED) is 0.112. The molecule has 1 aromatic heterocycles. The summed E-state index contributed by atoms with van der Waals surface area (Å²) in [5.74, 6) is -1.19. The molecule has 0 saturated heterocycles. The highest BCUT2D eigenvalue weighted by Gasteiger charge is 2.30. The van der Waals surface area contributed by atoms with E-state index in [4.69, 9.17) is 10.5 Å². The monoisotopic (exact) mass is 657 g/mol. The number of nitrogens with zero attached hydrogens (tertiary/aromatic N) is 1. The number of rotatable bonds is 14. The van der Waals surface area contributed by atoms with Gasteiger partial charge in [0.05, 0.1) is 18.6 Å². The van der Waals surface area contributed by atoms with E-state index in [1.807, 2.05) is 73.0 Å². The largest absolute Gasteiger partial charge is 0.460 e. The minimum atomic E-state index is -1.08. The van der Waals surface area contributed by atoms with Crippen LogP contribution in [0.5, 0.6) is 0 Å². The Morgan fingerprint density at radius 2 is 1.54 bits per heavy atom. The van der Waals surface area contributed by atoms with E-state index in [0.717, 1.165) is 33.5 Å². The number of hydrogen-bond donors (Lipinski definition) is 4. The van der Waals surface area contributed by atoms with Crippen LogP contribution in [-0.2, 0) is 29.0 Å². The molecule has 256 valence electrons. The van der Waals surface area contributed by atoms with Crippen molar-refractivity contribution in [1.82, 2.24) is 9.88 Å². The van der Waals surface area contributed by atoms with Crippen LogP contribution in [-0.4, -0.2) is 44.5 Å². The Bertz CT molecular complexity index is 1680. The third-order valence-corrected chi connectivity index (χ3v) is 7.99. The molecule has 0 radical (unpaired) electrons. The molecule has 0 bridgehead atoms. The van der Waals surface area contributed by atoms with E-state index in [1.54, 1.807) is 32.9 Å². The molecule has 2 unspecified atom stereocenters. The van der Waals surface area contributed by atoms with Gasteiger partial charge in [0.25, 0.3) is 5.91 Å². The normalized spacial score (nSPS) is 13.0. The molecular weight excluding hydrogens is 609 g/mol. The second-order valence-electron chi connectivity index (χ2n) is 13.5. The first-order valence-electron chi connectivity index (χ1n) is 16.5. The van der Waals surface area contributed by atoms with Crippen LogP contribution in [0, 0.1) is 5.82 Å². The molecule has 0 spiro atoms. The van der Waals surface area contributed by atoms with Crippen LogP contribution in [0.25, 0.3) is 22.3 Å². The molecule has 4 aromatic rings. The third kappa shape index (κ3) is 9.62. The zero-order chi connectivity index (χ0) is 35.0. The molecule has 8 nitrogen and oxygen atoms in total. The van der Waals surface area contributed by atoms with Crippen molar-refractivity contribution in [3.8, 4) is 22.3 Å². The van der Waals surface area contributed by atoms with Gasteiger partial charge in [0.2, 0.25) is 0 Å². The van der Waals surface area contributed by atoms with Crippen molar-refractivity contribution >= 4 is 11.9 Å². The van der Waals surface area contributed by atoms with Gasteiger partial charge < -0.3 is 30.6 Å². The summed E-state index contributed by atoms with van der Waals surface area (Å²) in [5, 5.41) is 24.7. The zero-order valence-electron chi connectivity index (χ0n) is 28.5. The number of aliphatic hydroxyl groups excluding tert-OH is 2. The standard InChI is InChI=1S/C39H48FN3O5/c1-25(2)43-33(19-18-31(44)21-32(45)22-34(46)48-39(3,4)5)35(29-14-16-30(40)17-15-29)36(28-12-7-6-8-13-28)37(43)38(47)42-24-27-11-9-10-26(20-27)23-41/h6-17,20,25,31-32,44-45H,18-19,21-24,41H2,1-5H3,(H,42,47). The van der Waals surface area contributed by atoms with E-state index in [1.165, 1.54) is 12.1 Å². The Kier molecular flexibility index (Phi) is 12.3. The molecule has 48 heavy (non-hydrogen) atoms. The minimum Gasteiger partial charge on any atom is -0.460 e. The summed E-state index contributed by atoms with van der Waals surface area (Å²) in [4.78, 5) is 26.5. The predicted molar refractivity (Wildman–Crippen MR) is 187 cm³/mol. The number of aliphatic hydroxyl groups is 2. The van der Waals surface area contributed by atoms with E-state index in [2.05, 4.69) is 5.32 Å². The summed E-state index contributed by atoms with van der Waals surface area (Å²) in [5.41, 5.74) is 11.3. The molecular formula is C39H48FN3O5. The van der Waals surface area contributed by atoms with Crippen molar-refractivity contribution in [3.05, 3.63) is 107 Å². The maximum absolute atomic E-state index is 14.3. The second-order valence-corrected chi connectivity index (χ2v) is 13.5. The first-order chi connectivity index (χ1) is 22.8. The predicted octanol–water partition coefficient (Wildman–Crippen LogP) is 6.71. The van der Waals surface area contributed by atoms with Crippen molar-refractivity contribution in [2.45, 2.75) is 97.2 Å². The highest BCUT2D eigenvalue weighted by atomic mass is 19.1.